The monoisotopic (exact) mass is 324 g/mol. The van der Waals surface area contributed by atoms with Gasteiger partial charge in [-0.2, -0.15) is 13.2 Å². The van der Waals surface area contributed by atoms with E-state index >= 15 is 0 Å². The van der Waals surface area contributed by atoms with E-state index in [1.165, 1.54) is 11.1 Å². The first-order valence-electron chi connectivity index (χ1n) is 8.11. The van der Waals surface area contributed by atoms with Gasteiger partial charge in [0.15, 0.2) is 0 Å². The van der Waals surface area contributed by atoms with E-state index < -0.39 is 12.7 Å². The third-order valence-corrected chi connectivity index (χ3v) is 5.14. The Morgan fingerprint density at radius 2 is 2.00 bits per heavy atom. The van der Waals surface area contributed by atoms with Crippen molar-refractivity contribution in [2.24, 2.45) is 5.92 Å². The van der Waals surface area contributed by atoms with Gasteiger partial charge in [-0.25, -0.2) is 0 Å². The predicted molar refractivity (Wildman–Crippen MR) is 85.1 cm³/mol. The Balaban J connectivity index is 1.84. The standard InChI is InChI=1S/C18H23F3N2/c1-12(2)15-7-8-23-10-14-6-4-3-5-13(14)9-16(23)17(15)22-11-18(19,20)21/h3-6,15-17,22H,1,7-11H2,2H3/t15-,16+,17-/m1/s1. The van der Waals surface area contributed by atoms with E-state index in [9.17, 15) is 13.2 Å². The minimum Gasteiger partial charge on any atom is -0.304 e. The number of hydrogen-bond acceptors (Lipinski definition) is 2. The van der Waals surface area contributed by atoms with Gasteiger partial charge in [-0.15, -0.1) is 0 Å². The Morgan fingerprint density at radius 3 is 2.65 bits per heavy atom. The summed E-state index contributed by atoms with van der Waals surface area (Å²) in [4.78, 5) is 2.33. The molecule has 3 atom stereocenters. The highest BCUT2D eigenvalue weighted by molar-refractivity contribution is 5.31. The van der Waals surface area contributed by atoms with Crippen molar-refractivity contribution in [3.63, 3.8) is 0 Å². The molecule has 126 valence electrons. The lowest BCUT2D eigenvalue weighted by Gasteiger charge is -2.49. The molecule has 23 heavy (non-hydrogen) atoms. The molecule has 0 radical (unpaired) electrons. The molecule has 0 aliphatic carbocycles. The Bertz CT molecular complexity index is 582. The molecule has 0 aromatic heterocycles. The molecule has 1 fully saturated rings. The van der Waals surface area contributed by atoms with E-state index in [4.69, 9.17) is 0 Å². The zero-order valence-corrected chi connectivity index (χ0v) is 13.4. The average molecular weight is 324 g/mol. The van der Waals surface area contributed by atoms with Gasteiger partial charge < -0.3 is 5.32 Å². The second-order valence-corrected chi connectivity index (χ2v) is 6.77. The lowest BCUT2D eigenvalue weighted by atomic mass is 9.77. The van der Waals surface area contributed by atoms with Crippen LogP contribution >= 0.6 is 0 Å². The number of nitrogens with one attached hydrogen (secondary N) is 1. The van der Waals surface area contributed by atoms with Crippen LogP contribution in [0.15, 0.2) is 36.4 Å². The molecule has 0 unspecified atom stereocenters. The molecule has 1 N–H and O–H groups in total. The van der Waals surface area contributed by atoms with Crippen molar-refractivity contribution in [1.29, 1.82) is 0 Å². The number of rotatable bonds is 3. The number of piperidine rings is 1. The Hall–Kier alpha value is -1.33. The van der Waals surface area contributed by atoms with E-state index in [0.717, 1.165) is 31.5 Å². The van der Waals surface area contributed by atoms with E-state index in [1.54, 1.807) is 0 Å². The summed E-state index contributed by atoms with van der Waals surface area (Å²) in [6.07, 6.45) is -2.52. The molecule has 0 saturated carbocycles. The quantitative estimate of drug-likeness (QED) is 0.856. The summed E-state index contributed by atoms with van der Waals surface area (Å²) in [5.41, 5.74) is 3.53. The summed E-state index contributed by atoms with van der Waals surface area (Å²) in [6, 6.07) is 8.15. The number of alkyl halides is 3. The maximum absolute atomic E-state index is 12.7. The molecular weight excluding hydrogens is 301 g/mol. The first kappa shape index (κ1) is 16.5. The van der Waals surface area contributed by atoms with Crippen molar-refractivity contribution in [3.8, 4) is 0 Å². The fourth-order valence-electron chi connectivity index (χ4n) is 4.02. The van der Waals surface area contributed by atoms with Crippen LogP contribution in [-0.2, 0) is 13.0 Å². The zero-order valence-electron chi connectivity index (χ0n) is 13.4. The Kier molecular flexibility index (Phi) is 4.52. The molecule has 1 aromatic carbocycles. The van der Waals surface area contributed by atoms with Crippen LogP contribution in [-0.4, -0.2) is 36.2 Å². The fourth-order valence-corrected chi connectivity index (χ4v) is 4.02. The minimum absolute atomic E-state index is 0.0997. The van der Waals surface area contributed by atoms with Gasteiger partial charge >= 0.3 is 6.18 Å². The van der Waals surface area contributed by atoms with Gasteiger partial charge in [0.1, 0.15) is 0 Å². The van der Waals surface area contributed by atoms with Crippen molar-refractivity contribution in [3.05, 3.63) is 47.5 Å². The second kappa shape index (κ2) is 6.29. The van der Waals surface area contributed by atoms with E-state index in [1.807, 2.05) is 19.1 Å². The van der Waals surface area contributed by atoms with Gasteiger partial charge in [0.05, 0.1) is 6.54 Å². The maximum atomic E-state index is 12.7. The van der Waals surface area contributed by atoms with Gasteiger partial charge in [-0.05, 0) is 43.4 Å². The SMILES string of the molecule is C=C(C)[C@H]1CCN2Cc3ccccc3C[C@H]2[C@@H]1NCC(F)(F)F. The van der Waals surface area contributed by atoms with Crippen molar-refractivity contribution < 1.29 is 13.2 Å². The molecular formula is C18H23F3N2. The van der Waals surface area contributed by atoms with Crippen molar-refractivity contribution >= 4 is 0 Å². The van der Waals surface area contributed by atoms with Gasteiger partial charge in [-0.1, -0.05) is 36.4 Å². The molecule has 2 nitrogen and oxygen atoms in total. The number of fused-ring (bicyclic) bond motifs is 2. The van der Waals surface area contributed by atoms with Crippen molar-refractivity contribution in [2.45, 2.75) is 44.6 Å². The molecule has 1 saturated heterocycles. The molecule has 5 heteroatoms. The van der Waals surface area contributed by atoms with Crippen LogP contribution in [0.1, 0.15) is 24.5 Å². The number of hydrogen-bond donors (Lipinski definition) is 1. The van der Waals surface area contributed by atoms with Crippen LogP contribution in [0.25, 0.3) is 0 Å². The van der Waals surface area contributed by atoms with Crippen LogP contribution in [0, 0.1) is 5.92 Å². The summed E-state index contributed by atoms with van der Waals surface area (Å²) in [5, 5.41) is 2.80. The summed E-state index contributed by atoms with van der Waals surface area (Å²) in [7, 11) is 0. The lowest BCUT2D eigenvalue weighted by molar-refractivity contribution is -0.129. The first-order valence-corrected chi connectivity index (χ1v) is 8.11. The van der Waals surface area contributed by atoms with Gasteiger partial charge in [0, 0.05) is 18.6 Å². The van der Waals surface area contributed by atoms with Crippen LogP contribution in [0.4, 0.5) is 13.2 Å². The molecule has 1 aromatic rings. The third-order valence-electron chi connectivity index (χ3n) is 5.14. The first-order chi connectivity index (χ1) is 10.8. The average Bonchev–Trinajstić information content (AvgIpc) is 2.49. The Morgan fingerprint density at radius 1 is 1.30 bits per heavy atom. The van der Waals surface area contributed by atoms with E-state index in [2.05, 4.69) is 28.9 Å². The molecule has 2 heterocycles. The Labute approximate surface area is 135 Å². The second-order valence-electron chi connectivity index (χ2n) is 6.77. The molecule has 0 amide bonds. The van der Waals surface area contributed by atoms with Crippen molar-refractivity contribution in [1.82, 2.24) is 10.2 Å². The highest BCUT2D eigenvalue weighted by Crippen LogP contribution is 2.35. The fraction of sp³-hybridized carbons (Fsp3) is 0.556. The van der Waals surface area contributed by atoms with Crippen LogP contribution < -0.4 is 5.32 Å². The molecule has 2 aliphatic rings. The van der Waals surface area contributed by atoms with Crippen LogP contribution in [0.3, 0.4) is 0 Å². The van der Waals surface area contributed by atoms with E-state index in [-0.39, 0.29) is 18.0 Å². The number of benzene rings is 1. The van der Waals surface area contributed by atoms with Gasteiger partial charge in [-0.3, -0.25) is 4.90 Å². The maximum Gasteiger partial charge on any atom is 0.401 e. The third kappa shape index (κ3) is 3.61. The summed E-state index contributed by atoms with van der Waals surface area (Å²) in [6.45, 7) is 6.75. The predicted octanol–water partition coefficient (Wildman–Crippen LogP) is 3.53. The van der Waals surface area contributed by atoms with Crippen LogP contribution in [0.5, 0.6) is 0 Å². The summed E-state index contributed by atoms with van der Waals surface area (Å²) < 4.78 is 38.1. The lowest BCUT2D eigenvalue weighted by Crippen LogP contribution is -2.61. The summed E-state index contributed by atoms with van der Waals surface area (Å²) >= 11 is 0. The summed E-state index contributed by atoms with van der Waals surface area (Å²) in [5.74, 6) is 0.101. The number of halogens is 3. The molecule has 3 rings (SSSR count). The number of nitrogens with zero attached hydrogens (tertiary/aromatic N) is 1. The normalized spacial score (nSPS) is 28.1. The highest BCUT2D eigenvalue weighted by Gasteiger charge is 2.42. The molecule has 2 aliphatic heterocycles. The topological polar surface area (TPSA) is 15.3 Å². The zero-order chi connectivity index (χ0) is 16.6. The van der Waals surface area contributed by atoms with Crippen molar-refractivity contribution in [2.75, 3.05) is 13.1 Å². The van der Waals surface area contributed by atoms with Gasteiger partial charge in [0.2, 0.25) is 0 Å². The largest absolute Gasteiger partial charge is 0.401 e. The van der Waals surface area contributed by atoms with E-state index in [0.29, 0.717) is 0 Å². The highest BCUT2D eigenvalue weighted by atomic mass is 19.4. The molecule has 0 bridgehead atoms. The smallest absolute Gasteiger partial charge is 0.304 e. The van der Waals surface area contributed by atoms with Crippen LogP contribution in [0.2, 0.25) is 0 Å². The minimum atomic E-state index is -4.19. The van der Waals surface area contributed by atoms with Gasteiger partial charge in [0.25, 0.3) is 0 Å². The molecule has 0 spiro atoms.